The standard InChI is InChI=1S/C3H8N2O.CH2O2/c4-6-3-1-5-2-3;2-1-3/h3,5H,1-2,4H2;1H,(H,2,3). The molecule has 0 radical (unpaired) electrons. The van der Waals surface area contributed by atoms with Gasteiger partial charge in [-0.3, -0.25) is 9.63 Å². The van der Waals surface area contributed by atoms with Crippen LogP contribution in [0, 0.1) is 0 Å². The van der Waals surface area contributed by atoms with Crippen LogP contribution in [0.5, 0.6) is 0 Å². The Kier molecular flexibility index (Phi) is 5.09. The summed E-state index contributed by atoms with van der Waals surface area (Å²) in [5.74, 6) is 4.79. The summed E-state index contributed by atoms with van der Waals surface area (Å²) in [6.07, 6.45) is 0.282. The first kappa shape index (κ1) is 8.35. The first-order valence-corrected chi connectivity index (χ1v) is 2.49. The Morgan fingerprint density at radius 3 is 2.22 bits per heavy atom. The molecule has 9 heavy (non-hydrogen) atoms. The van der Waals surface area contributed by atoms with E-state index in [1.54, 1.807) is 0 Å². The maximum atomic E-state index is 8.36. The second-order valence-corrected chi connectivity index (χ2v) is 1.52. The lowest BCUT2D eigenvalue weighted by atomic mass is 10.2. The van der Waals surface area contributed by atoms with Crippen molar-refractivity contribution in [2.24, 2.45) is 5.90 Å². The van der Waals surface area contributed by atoms with Crippen LogP contribution in [-0.4, -0.2) is 30.8 Å². The smallest absolute Gasteiger partial charge is 0.290 e. The highest BCUT2D eigenvalue weighted by molar-refractivity contribution is 5.32. The molecule has 1 fully saturated rings. The van der Waals surface area contributed by atoms with Gasteiger partial charge in [0.1, 0.15) is 6.10 Å². The lowest BCUT2D eigenvalue weighted by molar-refractivity contribution is -0.122. The van der Waals surface area contributed by atoms with Gasteiger partial charge in [-0.2, -0.15) is 0 Å². The zero-order valence-corrected chi connectivity index (χ0v) is 4.91. The maximum Gasteiger partial charge on any atom is 0.290 e. The molecule has 0 atom stereocenters. The van der Waals surface area contributed by atoms with Crippen molar-refractivity contribution in [3.63, 3.8) is 0 Å². The lowest BCUT2D eigenvalue weighted by Gasteiger charge is -2.23. The SMILES string of the molecule is NOC1CNC1.O=CO. The second kappa shape index (κ2) is 5.49. The third-order valence-corrected chi connectivity index (χ3v) is 0.936. The van der Waals surface area contributed by atoms with Gasteiger partial charge in [-0.05, 0) is 0 Å². The zero-order chi connectivity index (χ0) is 7.11. The van der Waals surface area contributed by atoms with Crippen molar-refractivity contribution in [1.29, 1.82) is 0 Å². The summed E-state index contributed by atoms with van der Waals surface area (Å²) in [5, 5.41) is 9.90. The van der Waals surface area contributed by atoms with E-state index in [1.165, 1.54) is 0 Å². The van der Waals surface area contributed by atoms with Crippen LogP contribution in [0.25, 0.3) is 0 Å². The van der Waals surface area contributed by atoms with Gasteiger partial charge in [0.05, 0.1) is 0 Å². The number of hydrogen-bond acceptors (Lipinski definition) is 4. The summed E-state index contributed by atoms with van der Waals surface area (Å²) < 4.78 is 0. The highest BCUT2D eigenvalue weighted by Crippen LogP contribution is 1.90. The summed E-state index contributed by atoms with van der Waals surface area (Å²) in [4.78, 5) is 12.8. The molecule has 0 spiro atoms. The average Bonchev–Trinajstić information content (AvgIpc) is 1.64. The van der Waals surface area contributed by atoms with Crippen molar-refractivity contribution in [3.05, 3.63) is 0 Å². The van der Waals surface area contributed by atoms with Gasteiger partial charge in [0.15, 0.2) is 0 Å². The van der Waals surface area contributed by atoms with Crippen LogP contribution in [0.2, 0.25) is 0 Å². The van der Waals surface area contributed by atoms with E-state index >= 15 is 0 Å². The average molecular weight is 134 g/mol. The topological polar surface area (TPSA) is 84.6 Å². The first-order valence-electron chi connectivity index (χ1n) is 2.49. The molecule has 1 saturated heterocycles. The van der Waals surface area contributed by atoms with Crippen molar-refractivity contribution in [3.8, 4) is 0 Å². The molecule has 0 unspecified atom stereocenters. The number of nitrogens with two attached hydrogens (primary N) is 1. The van der Waals surface area contributed by atoms with Gasteiger partial charge in [-0.1, -0.05) is 0 Å². The summed E-state index contributed by atoms with van der Waals surface area (Å²) in [7, 11) is 0. The predicted octanol–water partition coefficient (Wildman–Crippen LogP) is -1.45. The molecule has 0 aliphatic carbocycles. The molecule has 0 saturated carbocycles. The van der Waals surface area contributed by atoms with Crippen LogP contribution >= 0.6 is 0 Å². The van der Waals surface area contributed by atoms with E-state index in [2.05, 4.69) is 10.2 Å². The molecule has 0 aromatic rings. The number of carbonyl (C=O) groups is 1. The van der Waals surface area contributed by atoms with Crippen LogP contribution in [-0.2, 0) is 9.63 Å². The van der Waals surface area contributed by atoms with E-state index in [0.717, 1.165) is 13.1 Å². The largest absolute Gasteiger partial charge is 0.483 e. The fraction of sp³-hybridized carbons (Fsp3) is 0.750. The summed E-state index contributed by atoms with van der Waals surface area (Å²) in [6.45, 7) is 1.58. The van der Waals surface area contributed by atoms with Gasteiger partial charge in [-0.15, -0.1) is 0 Å². The molecule has 5 nitrogen and oxygen atoms in total. The van der Waals surface area contributed by atoms with Gasteiger partial charge in [0, 0.05) is 13.1 Å². The lowest BCUT2D eigenvalue weighted by Crippen LogP contribution is -2.49. The third-order valence-electron chi connectivity index (χ3n) is 0.936. The molecule has 0 aromatic carbocycles. The molecule has 0 amide bonds. The number of carboxylic acid groups (broad SMARTS) is 1. The minimum atomic E-state index is -0.250. The van der Waals surface area contributed by atoms with Gasteiger partial charge in [0.25, 0.3) is 6.47 Å². The minimum Gasteiger partial charge on any atom is -0.483 e. The zero-order valence-electron chi connectivity index (χ0n) is 4.91. The molecule has 5 heteroatoms. The Hall–Kier alpha value is -0.650. The molecular weight excluding hydrogens is 124 g/mol. The fourth-order valence-electron chi connectivity index (χ4n) is 0.358. The molecule has 1 aliphatic rings. The molecule has 1 heterocycles. The van der Waals surface area contributed by atoms with Crippen LogP contribution in [0.3, 0.4) is 0 Å². The molecule has 1 rings (SSSR count). The minimum absolute atomic E-state index is 0.250. The summed E-state index contributed by atoms with van der Waals surface area (Å²) >= 11 is 0. The normalized spacial score (nSPS) is 17.0. The quantitative estimate of drug-likeness (QED) is 0.302. The highest BCUT2D eigenvalue weighted by atomic mass is 16.6. The molecule has 0 aromatic heterocycles. The van der Waals surface area contributed by atoms with E-state index < -0.39 is 0 Å². The third kappa shape index (κ3) is 3.89. The van der Waals surface area contributed by atoms with Gasteiger partial charge in [0.2, 0.25) is 0 Å². The number of rotatable bonds is 1. The fourth-order valence-corrected chi connectivity index (χ4v) is 0.358. The summed E-state index contributed by atoms with van der Waals surface area (Å²) in [5.41, 5.74) is 0. The van der Waals surface area contributed by atoms with Gasteiger partial charge >= 0.3 is 0 Å². The van der Waals surface area contributed by atoms with E-state index in [1.807, 2.05) is 0 Å². The monoisotopic (exact) mass is 134 g/mol. The van der Waals surface area contributed by atoms with E-state index in [9.17, 15) is 0 Å². The van der Waals surface area contributed by atoms with Crippen LogP contribution in [0.15, 0.2) is 0 Å². The Bertz CT molecular complexity index is 71.5. The Morgan fingerprint density at radius 1 is 1.78 bits per heavy atom. The Balaban J connectivity index is 0.000000187. The van der Waals surface area contributed by atoms with E-state index in [0.29, 0.717) is 0 Å². The van der Waals surface area contributed by atoms with Crippen LogP contribution < -0.4 is 11.2 Å². The van der Waals surface area contributed by atoms with E-state index in [-0.39, 0.29) is 12.6 Å². The van der Waals surface area contributed by atoms with Crippen LogP contribution in [0.1, 0.15) is 0 Å². The highest BCUT2D eigenvalue weighted by Gasteiger charge is 2.14. The molecule has 4 N–H and O–H groups in total. The Morgan fingerprint density at radius 2 is 2.22 bits per heavy atom. The Labute approximate surface area is 52.7 Å². The first-order chi connectivity index (χ1) is 4.35. The van der Waals surface area contributed by atoms with Gasteiger partial charge in [-0.25, -0.2) is 5.90 Å². The molecular formula is C4H10N2O3. The predicted molar refractivity (Wildman–Crippen MR) is 30.6 cm³/mol. The van der Waals surface area contributed by atoms with Crippen molar-refractivity contribution in [1.82, 2.24) is 5.32 Å². The summed E-state index contributed by atoms with van der Waals surface area (Å²) in [6, 6.07) is 0. The molecule has 0 bridgehead atoms. The van der Waals surface area contributed by atoms with Crippen molar-refractivity contribution in [2.45, 2.75) is 6.10 Å². The van der Waals surface area contributed by atoms with Crippen molar-refractivity contribution >= 4 is 6.47 Å². The molecule has 54 valence electrons. The van der Waals surface area contributed by atoms with Gasteiger partial charge < -0.3 is 10.4 Å². The second-order valence-electron chi connectivity index (χ2n) is 1.52. The van der Waals surface area contributed by atoms with E-state index in [4.69, 9.17) is 15.8 Å². The molecule has 1 aliphatic heterocycles. The van der Waals surface area contributed by atoms with Crippen molar-refractivity contribution < 1.29 is 14.7 Å². The maximum absolute atomic E-state index is 8.36. The van der Waals surface area contributed by atoms with Crippen molar-refractivity contribution in [2.75, 3.05) is 13.1 Å². The van der Waals surface area contributed by atoms with Crippen LogP contribution in [0.4, 0.5) is 0 Å². The number of hydrogen-bond donors (Lipinski definition) is 3. The number of nitrogens with one attached hydrogen (secondary N) is 1.